The summed E-state index contributed by atoms with van der Waals surface area (Å²) in [6.07, 6.45) is 4.84. The molecule has 4 rings (SSSR count). The zero-order valence-electron chi connectivity index (χ0n) is 17.4. The highest BCUT2D eigenvalue weighted by atomic mass is 32.1. The number of ketones is 1. The molecule has 1 atom stereocenters. The SMILES string of the molecule is COc1cc(NC(C(=O)c2cscc2C2CCCC2)c2ccccc2)cc(OC)c1. The Labute approximate surface area is 181 Å². The molecule has 3 aromatic rings. The lowest BCUT2D eigenvalue weighted by atomic mass is 9.90. The smallest absolute Gasteiger partial charge is 0.190 e. The summed E-state index contributed by atoms with van der Waals surface area (Å²) in [4.78, 5) is 13.8. The van der Waals surface area contributed by atoms with Gasteiger partial charge in [0.05, 0.1) is 14.2 Å². The summed E-state index contributed by atoms with van der Waals surface area (Å²) in [5.41, 5.74) is 3.79. The minimum absolute atomic E-state index is 0.103. The molecule has 1 aliphatic rings. The number of ether oxygens (including phenoxy) is 2. The van der Waals surface area contributed by atoms with E-state index in [1.807, 2.05) is 53.9 Å². The average Bonchev–Trinajstić information content (AvgIpc) is 3.49. The fourth-order valence-corrected chi connectivity index (χ4v) is 5.14. The van der Waals surface area contributed by atoms with Crippen LogP contribution in [0, 0.1) is 0 Å². The van der Waals surface area contributed by atoms with Crippen LogP contribution >= 0.6 is 11.3 Å². The van der Waals surface area contributed by atoms with E-state index in [2.05, 4.69) is 10.7 Å². The molecule has 0 radical (unpaired) electrons. The number of methoxy groups -OCH3 is 2. The molecule has 0 saturated heterocycles. The summed E-state index contributed by atoms with van der Waals surface area (Å²) in [6.45, 7) is 0. The highest BCUT2D eigenvalue weighted by Crippen LogP contribution is 2.39. The molecule has 2 aromatic carbocycles. The van der Waals surface area contributed by atoms with Crippen LogP contribution in [-0.4, -0.2) is 20.0 Å². The Balaban J connectivity index is 1.70. The maximum absolute atomic E-state index is 13.8. The summed E-state index contributed by atoms with van der Waals surface area (Å²) in [6, 6.07) is 15.0. The number of nitrogens with one attached hydrogen (secondary N) is 1. The van der Waals surface area contributed by atoms with Crippen molar-refractivity contribution in [1.29, 1.82) is 0 Å². The topological polar surface area (TPSA) is 47.6 Å². The number of anilines is 1. The summed E-state index contributed by atoms with van der Waals surface area (Å²) in [5.74, 6) is 1.96. The van der Waals surface area contributed by atoms with Crippen molar-refractivity contribution >= 4 is 22.8 Å². The molecule has 1 unspecified atom stereocenters. The first kappa shape index (κ1) is 20.5. The molecule has 1 heterocycles. The van der Waals surface area contributed by atoms with E-state index in [0.29, 0.717) is 17.4 Å². The van der Waals surface area contributed by atoms with Gasteiger partial charge in [0.25, 0.3) is 0 Å². The predicted molar refractivity (Wildman–Crippen MR) is 122 cm³/mol. The molecular weight excluding hydrogens is 394 g/mol. The van der Waals surface area contributed by atoms with Crippen molar-refractivity contribution in [2.45, 2.75) is 37.6 Å². The van der Waals surface area contributed by atoms with Crippen molar-refractivity contribution in [2.24, 2.45) is 0 Å². The monoisotopic (exact) mass is 421 g/mol. The van der Waals surface area contributed by atoms with E-state index < -0.39 is 6.04 Å². The van der Waals surface area contributed by atoms with Gasteiger partial charge in [0.2, 0.25) is 0 Å². The lowest BCUT2D eigenvalue weighted by Crippen LogP contribution is -2.22. The summed E-state index contributed by atoms with van der Waals surface area (Å²) in [7, 11) is 3.25. The molecule has 0 bridgehead atoms. The van der Waals surface area contributed by atoms with E-state index in [-0.39, 0.29) is 5.78 Å². The van der Waals surface area contributed by atoms with E-state index in [1.165, 1.54) is 31.2 Å². The van der Waals surface area contributed by atoms with Crippen LogP contribution in [0.5, 0.6) is 11.5 Å². The summed E-state index contributed by atoms with van der Waals surface area (Å²) < 4.78 is 10.8. The van der Waals surface area contributed by atoms with Gasteiger partial charge >= 0.3 is 0 Å². The number of Topliss-reactive ketones (excluding diaryl/α,β-unsaturated/α-hetero) is 1. The normalized spacial score (nSPS) is 15.0. The number of hydrogen-bond acceptors (Lipinski definition) is 5. The van der Waals surface area contributed by atoms with Crippen LogP contribution in [0.4, 0.5) is 5.69 Å². The highest BCUT2D eigenvalue weighted by molar-refractivity contribution is 7.08. The quantitative estimate of drug-likeness (QED) is 0.424. The molecule has 4 nitrogen and oxygen atoms in total. The maximum Gasteiger partial charge on any atom is 0.190 e. The Morgan fingerprint density at radius 2 is 1.67 bits per heavy atom. The van der Waals surface area contributed by atoms with Gasteiger partial charge in [-0.05, 0) is 35.3 Å². The molecule has 1 N–H and O–H groups in total. The second kappa shape index (κ2) is 9.35. The lowest BCUT2D eigenvalue weighted by Gasteiger charge is -2.21. The Bertz CT molecular complexity index is 970. The van der Waals surface area contributed by atoms with Crippen molar-refractivity contribution < 1.29 is 14.3 Å². The van der Waals surface area contributed by atoms with Gasteiger partial charge in [-0.1, -0.05) is 43.2 Å². The molecule has 1 fully saturated rings. The van der Waals surface area contributed by atoms with Gasteiger partial charge in [0.1, 0.15) is 17.5 Å². The fraction of sp³-hybridized carbons (Fsp3) is 0.320. The molecule has 0 amide bonds. The van der Waals surface area contributed by atoms with Crippen molar-refractivity contribution in [3.8, 4) is 11.5 Å². The minimum Gasteiger partial charge on any atom is -0.497 e. The van der Waals surface area contributed by atoms with Crippen LogP contribution in [0.1, 0.15) is 59.1 Å². The van der Waals surface area contributed by atoms with Gasteiger partial charge in [0, 0.05) is 34.8 Å². The third kappa shape index (κ3) is 4.36. The van der Waals surface area contributed by atoms with Gasteiger partial charge < -0.3 is 14.8 Å². The molecule has 1 aliphatic carbocycles. The molecule has 0 spiro atoms. The van der Waals surface area contributed by atoms with Crippen LogP contribution in [0.3, 0.4) is 0 Å². The predicted octanol–water partition coefficient (Wildman–Crippen LogP) is 6.46. The zero-order chi connectivity index (χ0) is 20.9. The Kier molecular flexibility index (Phi) is 6.38. The number of benzene rings is 2. The van der Waals surface area contributed by atoms with E-state index in [9.17, 15) is 4.79 Å². The standard InChI is InChI=1S/C25H27NO3S/c1-28-20-12-19(13-21(14-20)29-2)26-24(18-10-4-3-5-11-18)25(27)23-16-30-15-22(23)17-8-6-7-9-17/h3-5,10-17,24,26H,6-9H2,1-2H3. The first-order chi connectivity index (χ1) is 14.7. The largest absolute Gasteiger partial charge is 0.497 e. The van der Waals surface area contributed by atoms with Gasteiger partial charge in [-0.3, -0.25) is 4.79 Å². The summed E-state index contributed by atoms with van der Waals surface area (Å²) in [5, 5.41) is 7.63. The second-order valence-corrected chi connectivity index (χ2v) is 8.42. The van der Waals surface area contributed by atoms with Crippen LogP contribution in [0.2, 0.25) is 0 Å². The minimum atomic E-state index is -0.488. The van der Waals surface area contributed by atoms with Gasteiger partial charge in [-0.2, -0.15) is 11.3 Å². The Hall–Kier alpha value is -2.79. The number of thiophene rings is 1. The van der Waals surface area contributed by atoms with Crippen molar-refractivity contribution in [3.05, 3.63) is 76.0 Å². The van der Waals surface area contributed by atoms with Gasteiger partial charge in [-0.15, -0.1) is 0 Å². The molecular formula is C25H27NO3S. The number of carbonyl (C=O) groups is 1. The van der Waals surface area contributed by atoms with Crippen LogP contribution < -0.4 is 14.8 Å². The number of hydrogen-bond donors (Lipinski definition) is 1. The van der Waals surface area contributed by atoms with Crippen molar-refractivity contribution in [2.75, 3.05) is 19.5 Å². The van der Waals surface area contributed by atoms with Crippen molar-refractivity contribution in [1.82, 2.24) is 0 Å². The first-order valence-electron chi connectivity index (χ1n) is 10.3. The molecule has 1 saturated carbocycles. The van der Waals surface area contributed by atoms with E-state index in [0.717, 1.165) is 16.8 Å². The van der Waals surface area contributed by atoms with E-state index in [1.54, 1.807) is 25.6 Å². The van der Waals surface area contributed by atoms with Crippen LogP contribution in [0.15, 0.2) is 59.3 Å². The number of carbonyl (C=O) groups excluding carboxylic acids is 1. The molecule has 5 heteroatoms. The molecule has 1 aromatic heterocycles. The van der Waals surface area contributed by atoms with Crippen LogP contribution in [0.25, 0.3) is 0 Å². The zero-order valence-corrected chi connectivity index (χ0v) is 18.2. The second-order valence-electron chi connectivity index (χ2n) is 7.68. The number of rotatable bonds is 8. The Morgan fingerprint density at radius 3 is 2.30 bits per heavy atom. The third-order valence-corrected chi connectivity index (χ3v) is 6.57. The highest BCUT2D eigenvalue weighted by Gasteiger charge is 2.28. The van der Waals surface area contributed by atoms with Gasteiger partial charge in [0.15, 0.2) is 5.78 Å². The van der Waals surface area contributed by atoms with E-state index >= 15 is 0 Å². The van der Waals surface area contributed by atoms with Gasteiger partial charge in [-0.25, -0.2) is 0 Å². The first-order valence-corrected chi connectivity index (χ1v) is 11.3. The van der Waals surface area contributed by atoms with E-state index in [4.69, 9.17) is 9.47 Å². The molecule has 30 heavy (non-hydrogen) atoms. The summed E-state index contributed by atoms with van der Waals surface area (Å²) >= 11 is 1.62. The van der Waals surface area contributed by atoms with Crippen LogP contribution in [-0.2, 0) is 0 Å². The maximum atomic E-state index is 13.8. The van der Waals surface area contributed by atoms with Crippen molar-refractivity contribution in [3.63, 3.8) is 0 Å². The molecule has 156 valence electrons. The fourth-order valence-electron chi connectivity index (χ4n) is 4.22. The molecule has 0 aliphatic heterocycles. The Morgan fingerprint density at radius 1 is 1.00 bits per heavy atom. The lowest BCUT2D eigenvalue weighted by molar-refractivity contribution is 0.0968. The average molecular weight is 422 g/mol. The third-order valence-electron chi connectivity index (χ3n) is 5.81.